The van der Waals surface area contributed by atoms with Crippen LogP contribution in [0.25, 0.3) is 0 Å². The van der Waals surface area contributed by atoms with Gasteiger partial charge in [-0.2, -0.15) is 0 Å². The minimum Gasteiger partial charge on any atom is -0.301 e. The van der Waals surface area contributed by atoms with E-state index in [2.05, 4.69) is 42.4 Å². The summed E-state index contributed by atoms with van der Waals surface area (Å²) < 4.78 is 15.2. The minimum absolute atomic E-state index is 0.550. The van der Waals surface area contributed by atoms with Crippen molar-refractivity contribution < 1.29 is 4.39 Å². The molecule has 0 aromatic carbocycles. The van der Waals surface area contributed by atoms with Crippen LogP contribution in [-0.4, -0.2) is 78.8 Å². The number of alkyl halides is 1. The van der Waals surface area contributed by atoms with Crippen LogP contribution < -0.4 is 0 Å². The van der Waals surface area contributed by atoms with Crippen LogP contribution in [-0.2, 0) is 0 Å². The highest BCUT2D eigenvalue weighted by molar-refractivity contribution is 4.97. The van der Waals surface area contributed by atoms with Gasteiger partial charge in [0, 0.05) is 58.4 Å². The third-order valence-electron chi connectivity index (χ3n) is 6.75. The average Bonchev–Trinajstić information content (AvgIpc) is 3.28. The summed E-state index contributed by atoms with van der Waals surface area (Å²) in [5, 5.41) is 0. The predicted molar refractivity (Wildman–Crippen MR) is 104 cm³/mol. The van der Waals surface area contributed by atoms with E-state index in [9.17, 15) is 0 Å². The fourth-order valence-electron chi connectivity index (χ4n) is 5.05. The quantitative estimate of drug-likeness (QED) is 0.692. The SMILES string of the molecule is CC(C)CC1(CN2CCN(CC3(F)CCN(C(C)C)CC3)CC2)CC1. The van der Waals surface area contributed by atoms with Crippen molar-refractivity contribution in [3.8, 4) is 0 Å². The molecule has 1 saturated carbocycles. The largest absolute Gasteiger partial charge is 0.301 e. The van der Waals surface area contributed by atoms with Gasteiger partial charge in [-0.05, 0) is 57.3 Å². The fraction of sp³-hybridized carbons (Fsp3) is 1.00. The van der Waals surface area contributed by atoms with E-state index in [-0.39, 0.29) is 0 Å². The van der Waals surface area contributed by atoms with Gasteiger partial charge >= 0.3 is 0 Å². The molecule has 3 rings (SSSR count). The molecule has 3 aliphatic rings. The molecule has 4 heteroatoms. The Hall–Kier alpha value is -0.190. The molecule has 0 amide bonds. The minimum atomic E-state index is -0.955. The summed E-state index contributed by atoms with van der Waals surface area (Å²) in [5.74, 6) is 0.812. The number of nitrogens with zero attached hydrogens (tertiary/aromatic N) is 3. The van der Waals surface area contributed by atoms with E-state index in [0.29, 0.717) is 30.8 Å². The Labute approximate surface area is 154 Å². The summed E-state index contributed by atoms with van der Waals surface area (Å²) >= 11 is 0. The molecule has 2 saturated heterocycles. The van der Waals surface area contributed by atoms with Crippen LogP contribution in [0, 0.1) is 11.3 Å². The Balaban J connectivity index is 1.39. The maximum atomic E-state index is 15.2. The molecular weight excluding hydrogens is 313 g/mol. The lowest BCUT2D eigenvalue weighted by atomic mass is 9.91. The topological polar surface area (TPSA) is 9.72 Å². The van der Waals surface area contributed by atoms with E-state index in [0.717, 1.165) is 45.2 Å². The Morgan fingerprint density at radius 3 is 1.72 bits per heavy atom. The van der Waals surface area contributed by atoms with E-state index in [1.165, 1.54) is 25.8 Å². The molecule has 3 fully saturated rings. The van der Waals surface area contributed by atoms with Gasteiger partial charge in [-0.25, -0.2) is 4.39 Å². The van der Waals surface area contributed by atoms with Crippen molar-refractivity contribution in [2.45, 2.75) is 71.5 Å². The summed E-state index contributed by atoms with van der Waals surface area (Å²) in [6, 6.07) is 0.550. The number of rotatable bonds is 7. The van der Waals surface area contributed by atoms with Crippen LogP contribution in [0.4, 0.5) is 4.39 Å². The average molecular weight is 354 g/mol. The monoisotopic (exact) mass is 353 g/mol. The molecule has 3 nitrogen and oxygen atoms in total. The molecular formula is C21H40FN3. The summed E-state index contributed by atoms with van der Waals surface area (Å²) in [7, 11) is 0. The lowest BCUT2D eigenvalue weighted by Crippen LogP contribution is -2.54. The summed E-state index contributed by atoms with van der Waals surface area (Å²) in [4.78, 5) is 7.46. The van der Waals surface area contributed by atoms with Crippen LogP contribution in [0.3, 0.4) is 0 Å². The highest BCUT2D eigenvalue weighted by atomic mass is 19.1. The molecule has 1 aliphatic carbocycles. The van der Waals surface area contributed by atoms with E-state index in [4.69, 9.17) is 0 Å². The van der Waals surface area contributed by atoms with Crippen molar-refractivity contribution in [2.75, 3.05) is 52.4 Å². The lowest BCUT2D eigenvalue weighted by molar-refractivity contribution is 0.000755. The van der Waals surface area contributed by atoms with E-state index < -0.39 is 5.67 Å². The first-order valence-electron chi connectivity index (χ1n) is 10.7. The van der Waals surface area contributed by atoms with Gasteiger partial charge in [-0.15, -0.1) is 0 Å². The van der Waals surface area contributed by atoms with Gasteiger partial charge in [0.15, 0.2) is 0 Å². The maximum Gasteiger partial charge on any atom is 0.126 e. The molecule has 0 N–H and O–H groups in total. The van der Waals surface area contributed by atoms with Crippen molar-refractivity contribution in [1.82, 2.24) is 14.7 Å². The molecule has 0 unspecified atom stereocenters. The molecule has 2 heterocycles. The number of piperidine rings is 1. The van der Waals surface area contributed by atoms with E-state index >= 15 is 4.39 Å². The van der Waals surface area contributed by atoms with Gasteiger partial charge in [0.05, 0.1) is 0 Å². The predicted octanol–water partition coefficient (Wildman–Crippen LogP) is 3.64. The molecule has 0 bridgehead atoms. The molecule has 0 aromatic rings. The Morgan fingerprint density at radius 2 is 1.28 bits per heavy atom. The number of likely N-dealkylation sites (tertiary alicyclic amines) is 1. The number of piperazine rings is 1. The van der Waals surface area contributed by atoms with Crippen molar-refractivity contribution in [1.29, 1.82) is 0 Å². The highest BCUT2D eigenvalue weighted by Gasteiger charge is 2.44. The molecule has 25 heavy (non-hydrogen) atoms. The Bertz CT molecular complexity index is 417. The molecule has 0 radical (unpaired) electrons. The van der Waals surface area contributed by atoms with Crippen molar-refractivity contribution in [2.24, 2.45) is 11.3 Å². The molecule has 2 aliphatic heterocycles. The van der Waals surface area contributed by atoms with Gasteiger partial charge < -0.3 is 9.80 Å². The van der Waals surface area contributed by atoms with Gasteiger partial charge in [-0.3, -0.25) is 4.90 Å². The van der Waals surface area contributed by atoms with Crippen LogP contribution in [0.5, 0.6) is 0 Å². The summed E-state index contributed by atoms with van der Waals surface area (Å²) in [5.41, 5.74) is -0.329. The van der Waals surface area contributed by atoms with E-state index in [1.54, 1.807) is 0 Å². The van der Waals surface area contributed by atoms with Crippen molar-refractivity contribution in [3.05, 3.63) is 0 Å². The maximum absolute atomic E-state index is 15.2. The molecule has 146 valence electrons. The van der Waals surface area contributed by atoms with Gasteiger partial charge in [-0.1, -0.05) is 13.8 Å². The molecule has 0 atom stereocenters. The van der Waals surface area contributed by atoms with Crippen molar-refractivity contribution >= 4 is 0 Å². The van der Waals surface area contributed by atoms with Crippen LogP contribution in [0.15, 0.2) is 0 Å². The molecule has 0 aromatic heterocycles. The zero-order valence-corrected chi connectivity index (χ0v) is 17.1. The van der Waals surface area contributed by atoms with Crippen LogP contribution in [0.2, 0.25) is 0 Å². The lowest BCUT2D eigenvalue weighted by Gasteiger charge is -2.43. The van der Waals surface area contributed by atoms with Crippen LogP contribution in [0.1, 0.15) is 59.8 Å². The second kappa shape index (κ2) is 7.82. The first kappa shape index (κ1) is 19.6. The van der Waals surface area contributed by atoms with Gasteiger partial charge in [0.2, 0.25) is 0 Å². The van der Waals surface area contributed by atoms with Gasteiger partial charge in [0.1, 0.15) is 5.67 Å². The summed E-state index contributed by atoms with van der Waals surface area (Å²) in [6.45, 7) is 17.3. The standard InChI is InChI=1S/C21H40FN3/c1-18(2)15-20(5-6-20)16-23-11-13-24(14-12-23)17-21(22)7-9-25(10-8-21)19(3)4/h18-19H,5-17H2,1-4H3. The Morgan fingerprint density at radius 1 is 0.760 bits per heavy atom. The number of hydrogen-bond donors (Lipinski definition) is 0. The third kappa shape index (κ3) is 5.40. The van der Waals surface area contributed by atoms with Crippen LogP contribution >= 0.6 is 0 Å². The smallest absolute Gasteiger partial charge is 0.126 e. The molecule has 0 spiro atoms. The third-order valence-corrected chi connectivity index (χ3v) is 6.75. The van der Waals surface area contributed by atoms with Gasteiger partial charge in [0.25, 0.3) is 0 Å². The first-order chi connectivity index (χ1) is 11.8. The zero-order chi connectivity index (χ0) is 18.1. The first-order valence-corrected chi connectivity index (χ1v) is 10.7. The van der Waals surface area contributed by atoms with E-state index in [1.807, 2.05) is 0 Å². The summed E-state index contributed by atoms with van der Waals surface area (Å²) in [6.07, 6.45) is 5.65. The second-order valence-corrected chi connectivity index (χ2v) is 9.93. The Kier molecular flexibility index (Phi) is 6.12. The normalized spacial score (nSPS) is 28.0. The number of hydrogen-bond acceptors (Lipinski definition) is 3. The fourth-order valence-corrected chi connectivity index (χ4v) is 5.05. The highest BCUT2D eigenvalue weighted by Crippen LogP contribution is 2.51. The number of halogens is 1. The second-order valence-electron chi connectivity index (χ2n) is 9.93. The zero-order valence-electron chi connectivity index (χ0n) is 17.1. The van der Waals surface area contributed by atoms with Crippen molar-refractivity contribution in [3.63, 3.8) is 0 Å².